The highest BCUT2D eigenvalue weighted by Gasteiger charge is 2.05. The number of hydrogen-bond donors (Lipinski definition) is 1. The first-order valence-corrected chi connectivity index (χ1v) is 6.07. The van der Waals surface area contributed by atoms with Crippen LogP contribution in [0.1, 0.15) is 27.7 Å². The van der Waals surface area contributed by atoms with Gasteiger partial charge in [-0.2, -0.15) is 0 Å². The molecule has 0 aromatic rings. The Labute approximate surface area is 91.6 Å². The van der Waals surface area contributed by atoms with Crippen LogP contribution in [0.3, 0.4) is 0 Å². The van der Waals surface area contributed by atoms with Crippen LogP contribution in [0.5, 0.6) is 0 Å². The quantitative estimate of drug-likeness (QED) is 0.686. The number of carbonyl (C=O) groups excluding carboxylic acids is 1. The van der Waals surface area contributed by atoms with E-state index >= 15 is 0 Å². The number of hydrogen-bond acceptors (Lipinski definition) is 3. The molecule has 1 N–H and O–H groups in total. The normalized spacial score (nSPS) is 13.0. The zero-order valence-corrected chi connectivity index (χ0v) is 10.6. The molecule has 1 amide bonds. The molecule has 14 heavy (non-hydrogen) atoms. The Kier molecular flexibility index (Phi) is 7.01. The van der Waals surface area contributed by atoms with E-state index in [9.17, 15) is 4.79 Å². The molecule has 0 aromatic carbocycles. The van der Waals surface area contributed by atoms with Gasteiger partial charge in [0, 0.05) is 32.3 Å². The van der Waals surface area contributed by atoms with Gasteiger partial charge in [0.1, 0.15) is 0 Å². The highest BCUT2D eigenvalue weighted by Crippen LogP contribution is 2.08. The summed E-state index contributed by atoms with van der Waals surface area (Å²) in [5.74, 6) is 1.12. The van der Waals surface area contributed by atoms with Crippen molar-refractivity contribution in [1.82, 2.24) is 10.2 Å². The van der Waals surface area contributed by atoms with E-state index in [2.05, 4.69) is 26.1 Å². The fourth-order valence-electron chi connectivity index (χ4n) is 1.04. The summed E-state index contributed by atoms with van der Waals surface area (Å²) in [6.45, 7) is 8.85. The fourth-order valence-corrected chi connectivity index (χ4v) is 2.14. The maximum Gasteiger partial charge on any atom is 0.219 e. The Morgan fingerprint density at radius 3 is 2.43 bits per heavy atom. The molecule has 0 aliphatic heterocycles. The van der Waals surface area contributed by atoms with E-state index in [1.165, 1.54) is 0 Å². The van der Waals surface area contributed by atoms with Crippen LogP contribution in [0.2, 0.25) is 0 Å². The SMILES string of the molecule is CC(=O)N(C)CCSC(C)NC(C)C. The topological polar surface area (TPSA) is 32.3 Å². The lowest BCUT2D eigenvalue weighted by Crippen LogP contribution is -2.32. The lowest BCUT2D eigenvalue weighted by Gasteiger charge is -2.19. The van der Waals surface area contributed by atoms with Crippen LogP contribution < -0.4 is 5.32 Å². The zero-order chi connectivity index (χ0) is 11.1. The fraction of sp³-hybridized carbons (Fsp3) is 0.900. The Morgan fingerprint density at radius 1 is 1.43 bits per heavy atom. The highest BCUT2D eigenvalue weighted by atomic mass is 32.2. The number of carbonyl (C=O) groups is 1. The molecule has 0 saturated carbocycles. The molecule has 3 nitrogen and oxygen atoms in total. The van der Waals surface area contributed by atoms with Crippen LogP contribution in [-0.2, 0) is 4.79 Å². The number of nitrogens with one attached hydrogen (secondary N) is 1. The second-order valence-electron chi connectivity index (χ2n) is 3.77. The molecular formula is C10H22N2OS. The van der Waals surface area contributed by atoms with Gasteiger partial charge in [0.05, 0.1) is 5.37 Å². The Bertz CT molecular complexity index is 174. The minimum Gasteiger partial charge on any atom is -0.345 e. The Balaban J connectivity index is 3.48. The van der Waals surface area contributed by atoms with Gasteiger partial charge < -0.3 is 10.2 Å². The van der Waals surface area contributed by atoms with Crippen molar-refractivity contribution in [2.24, 2.45) is 0 Å². The minimum atomic E-state index is 0.134. The van der Waals surface area contributed by atoms with Gasteiger partial charge in [0.15, 0.2) is 0 Å². The number of amides is 1. The molecule has 0 spiro atoms. The van der Waals surface area contributed by atoms with E-state index in [0.29, 0.717) is 11.4 Å². The summed E-state index contributed by atoms with van der Waals surface area (Å²) in [6, 6.07) is 0.517. The summed E-state index contributed by atoms with van der Waals surface area (Å²) < 4.78 is 0. The van der Waals surface area contributed by atoms with Crippen molar-refractivity contribution in [3.05, 3.63) is 0 Å². The van der Waals surface area contributed by atoms with Crippen molar-refractivity contribution in [2.75, 3.05) is 19.3 Å². The minimum absolute atomic E-state index is 0.134. The second kappa shape index (κ2) is 7.12. The monoisotopic (exact) mass is 218 g/mol. The standard InChI is InChI=1S/C10H22N2OS/c1-8(2)11-9(3)14-7-6-12(5)10(4)13/h8-9,11H,6-7H2,1-5H3. The molecular weight excluding hydrogens is 196 g/mol. The third kappa shape index (κ3) is 7.21. The molecule has 0 bridgehead atoms. The molecule has 0 heterocycles. The molecule has 0 saturated heterocycles. The molecule has 0 rings (SSSR count). The van der Waals surface area contributed by atoms with Crippen LogP contribution in [0.15, 0.2) is 0 Å². The van der Waals surface area contributed by atoms with Gasteiger partial charge >= 0.3 is 0 Å². The highest BCUT2D eigenvalue weighted by molar-refractivity contribution is 7.99. The summed E-state index contributed by atoms with van der Waals surface area (Å²) in [5, 5.41) is 3.86. The van der Waals surface area contributed by atoms with E-state index in [0.717, 1.165) is 12.3 Å². The molecule has 4 heteroatoms. The van der Waals surface area contributed by atoms with E-state index < -0.39 is 0 Å². The van der Waals surface area contributed by atoms with Gasteiger partial charge in [-0.25, -0.2) is 0 Å². The van der Waals surface area contributed by atoms with Crippen LogP contribution in [0.25, 0.3) is 0 Å². The van der Waals surface area contributed by atoms with Gasteiger partial charge in [-0.1, -0.05) is 0 Å². The second-order valence-corrected chi connectivity index (χ2v) is 5.22. The largest absolute Gasteiger partial charge is 0.345 e. The molecule has 1 atom stereocenters. The van der Waals surface area contributed by atoms with Gasteiger partial charge in [-0.05, 0) is 20.8 Å². The Hall–Kier alpha value is -0.220. The summed E-state index contributed by atoms with van der Waals surface area (Å²) in [5.41, 5.74) is 0. The van der Waals surface area contributed by atoms with Crippen LogP contribution >= 0.6 is 11.8 Å². The lowest BCUT2D eigenvalue weighted by molar-refractivity contribution is -0.127. The predicted molar refractivity (Wildman–Crippen MR) is 63.5 cm³/mol. The molecule has 0 aliphatic rings. The van der Waals surface area contributed by atoms with Gasteiger partial charge in [-0.3, -0.25) is 4.79 Å². The van der Waals surface area contributed by atoms with E-state index in [1.807, 2.05) is 18.8 Å². The first-order chi connectivity index (χ1) is 6.43. The summed E-state index contributed by atoms with van der Waals surface area (Å²) in [7, 11) is 1.84. The van der Waals surface area contributed by atoms with Crippen molar-refractivity contribution in [3.8, 4) is 0 Å². The average molecular weight is 218 g/mol. The van der Waals surface area contributed by atoms with Crippen LogP contribution in [0.4, 0.5) is 0 Å². The van der Waals surface area contributed by atoms with E-state index in [4.69, 9.17) is 0 Å². The predicted octanol–water partition coefficient (Wildman–Crippen LogP) is 1.54. The molecule has 1 unspecified atom stereocenters. The maximum atomic E-state index is 10.9. The molecule has 0 fully saturated rings. The van der Waals surface area contributed by atoms with Crippen molar-refractivity contribution >= 4 is 17.7 Å². The average Bonchev–Trinajstić information content (AvgIpc) is 2.02. The third-order valence-electron chi connectivity index (χ3n) is 1.90. The number of rotatable bonds is 6. The molecule has 0 aliphatic carbocycles. The van der Waals surface area contributed by atoms with Gasteiger partial charge in [-0.15, -0.1) is 11.8 Å². The Morgan fingerprint density at radius 2 is 2.00 bits per heavy atom. The smallest absolute Gasteiger partial charge is 0.219 e. The zero-order valence-electron chi connectivity index (χ0n) is 9.83. The van der Waals surface area contributed by atoms with Crippen LogP contribution in [0, 0.1) is 0 Å². The lowest BCUT2D eigenvalue weighted by atomic mass is 10.4. The molecule has 0 radical (unpaired) electrons. The summed E-state index contributed by atoms with van der Waals surface area (Å²) >= 11 is 1.85. The molecule has 0 aromatic heterocycles. The summed E-state index contributed by atoms with van der Waals surface area (Å²) in [6.07, 6.45) is 0. The number of thioether (sulfide) groups is 1. The first-order valence-electron chi connectivity index (χ1n) is 5.02. The number of nitrogens with zero attached hydrogens (tertiary/aromatic N) is 1. The van der Waals surface area contributed by atoms with Crippen molar-refractivity contribution in [1.29, 1.82) is 0 Å². The van der Waals surface area contributed by atoms with Crippen molar-refractivity contribution < 1.29 is 4.79 Å². The van der Waals surface area contributed by atoms with Crippen molar-refractivity contribution in [3.63, 3.8) is 0 Å². The molecule has 84 valence electrons. The van der Waals surface area contributed by atoms with Gasteiger partial charge in [0.2, 0.25) is 5.91 Å². The van der Waals surface area contributed by atoms with Crippen LogP contribution in [-0.4, -0.2) is 41.6 Å². The third-order valence-corrected chi connectivity index (χ3v) is 2.95. The first kappa shape index (κ1) is 13.8. The van der Waals surface area contributed by atoms with E-state index in [-0.39, 0.29) is 5.91 Å². The van der Waals surface area contributed by atoms with Crippen molar-refractivity contribution in [2.45, 2.75) is 39.1 Å². The van der Waals surface area contributed by atoms with E-state index in [1.54, 1.807) is 11.8 Å². The van der Waals surface area contributed by atoms with Gasteiger partial charge in [0.25, 0.3) is 0 Å². The summed E-state index contributed by atoms with van der Waals surface area (Å²) in [4.78, 5) is 12.6. The maximum absolute atomic E-state index is 10.9.